The van der Waals surface area contributed by atoms with Crippen LogP contribution in [0.3, 0.4) is 0 Å². The third-order valence-electron chi connectivity index (χ3n) is 3.59. The lowest BCUT2D eigenvalue weighted by Gasteiger charge is -2.24. The van der Waals surface area contributed by atoms with Crippen LogP contribution >= 0.6 is 11.8 Å². The van der Waals surface area contributed by atoms with Crippen LogP contribution in [0.25, 0.3) is 0 Å². The highest BCUT2D eigenvalue weighted by Crippen LogP contribution is 2.28. The van der Waals surface area contributed by atoms with E-state index in [1.165, 1.54) is 0 Å². The highest BCUT2D eigenvalue weighted by Gasteiger charge is 2.43. The van der Waals surface area contributed by atoms with E-state index in [0.717, 1.165) is 17.0 Å². The molecule has 2 N–H and O–H groups in total. The lowest BCUT2D eigenvalue weighted by molar-refractivity contribution is -0.146. The maximum Gasteiger partial charge on any atom is 0.330 e. The Bertz CT molecular complexity index is 501. The standard InChI is InChI=1S/C13H18N2O4S/c1-8-10(9(2)19-15-8)3-4-11(16)14-13(12(17)18)5-6-20-7-13/h3-7H2,1-2H3,(H,14,16)(H,17,18)/t13-/m1/s1. The van der Waals surface area contributed by atoms with Gasteiger partial charge in [-0.25, -0.2) is 4.79 Å². The van der Waals surface area contributed by atoms with Crippen molar-refractivity contribution in [2.45, 2.75) is 38.6 Å². The average Bonchev–Trinajstić information content (AvgIpc) is 2.97. The van der Waals surface area contributed by atoms with E-state index >= 15 is 0 Å². The van der Waals surface area contributed by atoms with Gasteiger partial charge in [-0.3, -0.25) is 4.79 Å². The van der Waals surface area contributed by atoms with Crippen molar-refractivity contribution in [1.82, 2.24) is 10.5 Å². The number of carboxylic acids is 1. The first-order valence-corrected chi connectivity index (χ1v) is 7.64. The van der Waals surface area contributed by atoms with E-state index in [0.29, 0.717) is 24.4 Å². The van der Waals surface area contributed by atoms with Crippen molar-refractivity contribution < 1.29 is 19.2 Å². The van der Waals surface area contributed by atoms with Gasteiger partial charge < -0.3 is 14.9 Å². The molecule has 6 nitrogen and oxygen atoms in total. The van der Waals surface area contributed by atoms with Crippen molar-refractivity contribution in [2.24, 2.45) is 0 Å². The third-order valence-corrected chi connectivity index (χ3v) is 4.78. The van der Waals surface area contributed by atoms with Crippen LogP contribution in [-0.4, -0.2) is 39.2 Å². The monoisotopic (exact) mass is 298 g/mol. The maximum absolute atomic E-state index is 12.0. The first kappa shape index (κ1) is 14.9. The molecule has 0 saturated carbocycles. The fraction of sp³-hybridized carbons (Fsp3) is 0.615. The molecule has 110 valence electrons. The van der Waals surface area contributed by atoms with Gasteiger partial charge in [-0.05, 0) is 32.4 Å². The number of nitrogens with one attached hydrogen (secondary N) is 1. The van der Waals surface area contributed by atoms with Crippen LogP contribution in [0.2, 0.25) is 0 Å². The zero-order valence-corrected chi connectivity index (χ0v) is 12.4. The Balaban J connectivity index is 1.94. The number of hydrogen-bond acceptors (Lipinski definition) is 5. The molecule has 2 rings (SSSR count). The summed E-state index contributed by atoms with van der Waals surface area (Å²) in [6, 6.07) is 0. The van der Waals surface area contributed by atoms with Gasteiger partial charge in [0.2, 0.25) is 5.91 Å². The number of carbonyl (C=O) groups excluding carboxylic acids is 1. The number of aryl methyl sites for hydroxylation is 2. The van der Waals surface area contributed by atoms with Crippen molar-refractivity contribution in [3.05, 3.63) is 17.0 Å². The Hall–Kier alpha value is -1.50. The number of carboxylic acid groups (broad SMARTS) is 1. The van der Waals surface area contributed by atoms with Crippen molar-refractivity contribution in [2.75, 3.05) is 11.5 Å². The zero-order valence-electron chi connectivity index (χ0n) is 11.6. The quantitative estimate of drug-likeness (QED) is 0.851. The smallest absolute Gasteiger partial charge is 0.330 e. The van der Waals surface area contributed by atoms with Crippen LogP contribution in [0.4, 0.5) is 0 Å². The largest absolute Gasteiger partial charge is 0.479 e. The number of carbonyl (C=O) groups is 2. The molecule has 0 unspecified atom stereocenters. The zero-order chi connectivity index (χ0) is 14.8. The highest BCUT2D eigenvalue weighted by molar-refractivity contribution is 7.99. The number of rotatable bonds is 5. The van der Waals surface area contributed by atoms with Gasteiger partial charge in [-0.2, -0.15) is 11.8 Å². The number of aromatic nitrogens is 1. The minimum atomic E-state index is -1.10. The molecule has 1 aromatic heterocycles. The van der Waals surface area contributed by atoms with Crippen LogP contribution < -0.4 is 5.32 Å². The molecular formula is C13H18N2O4S. The van der Waals surface area contributed by atoms with E-state index in [9.17, 15) is 14.7 Å². The summed E-state index contributed by atoms with van der Waals surface area (Å²) in [6.07, 6.45) is 1.22. The second-order valence-corrected chi connectivity index (χ2v) is 6.15. The van der Waals surface area contributed by atoms with Crippen molar-refractivity contribution in [3.8, 4) is 0 Å². The Morgan fingerprint density at radius 3 is 2.75 bits per heavy atom. The molecule has 1 aliphatic rings. The molecule has 1 aromatic rings. The first-order chi connectivity index (χ1) is 9.44. The molecule has 1 amide bonds. The van der Waals surface area contributed by atoms with Crippen molar-refractivity contribution in [3.63, 3.8) is 0 Å². The SMILES string of the molecule is Cc1noc(C)c1CCC(=O)N[C@]1(C(=O)O)CCSC1. The van der Waals surface area contributed by atoms with E-state index in [1.54, 1.807) is 18.7 Å². The van der Waals surface area contributed by atoms with Gasteiger partial charge in [0, 0.05) is 17.7 Å². The summed E-state index contributed by atoms with van der Waals surface area (Å²) in [5.41, 5.74) is 0.602. The minimum absolute atomic E-state index is 0.239. The van der Waals surface area contributed by atoms with Gasteiger partial charge in [0.25, 0.3) is 0 Å². The van der Waals surface area contributed by atoms with Gasteiger partial charge in [0.05, 0.1) is 5.69 Å². The van der Waals surface area contributed by atoms with Crippen molar-refractivity contribution in [1.29, 1.82) is 0 Å². The van der Waals surface area contributed by atoms with E-state index in [2.05, 4.69) is 10.5 Å². The maximum atomic E-state index is 12.0. The van der Waals surface area contributed by atoms with E-state index < -0.39 is 11.5 Å². The fourth-order valence-electron chi connectivity index (χ4n) is 2.31. The molecule has 1 fully saturated rings. The number of nitrogens with zero attached hydrogens (tertiary/aromatic N) is 1. The van der Waals surface area contributed by atoms with Crippen LogP contribution in [0.15, 0.2) is 4.52 Å². The molecule has 0 bridgehead atoms. The Labute approximate surface area is 121 Å². The van der Waals surface area contributed by atoms with Gasteiger partial charge in [-0.1, -0.05) is 5.16 Å². The Kier molecular flexibility index (Phi) is 4.37. The summed E-state index contributed by atoms with van der Waals surface area (Å²) in [7, 11) is 0. The summed E-state index contributed by atoms with van der Waals surface area (Å²) in [5.74, 6) is 0.707. The molecule has 1 saturated heterocycles. The molecule has 0 aliphatic carbocycles. The normalized spacial score (nSPS) is 21.9. The number of amides is 1. The summed E-state index contributed by atoms with van der Waals surface area (Å²) in [6.45, 7) is 3.63. The lowest BCUT2D eigenvalue weighted by Crippen LogP contribution is -2.54. The summed E-state index contributed by atoms with van der Waals surface area (Å²) in [4.78, 5) is 23.3. The second kappa shape index (κ2) is 5.87. The minimum Gasteiger partial charge on any atom is -0.479 e. The van der Waals surface area contributed by atoms with Crippen LogP contribution in [0.5, 0.6) is 0 Å². The third kappa shape index (κ3) is 2.98. The number of aliphatic carboxylic acids is 1. The molecule has 2 heterocycles. The molecular weight excluding hydrogens is 280 g/mol. The van der Waals surface area contributed by atoms with Crippen LogP contribution in [0.1, 0.15) is 29.9 Å². The van der Waals surface area contributed by atoms with Crippen LogP contribution in [-0.2, 0) is 16.0 Å². The van der Waals surface area contributed by atoms with Gasteiger partial charge in [0.15, 0.2) is 0 Å². The average molecular weight is 298 g/mol. The molecule has 1 aliphatic heterocycles. The Morgan fingerprint density at radius 2 is 2.25 bits per heavy atom. The number of hydrogen-bond donors (Lipinski definition) is 2. The van der Waals surface area contributed by atoms with Gasteiger partial charge >= 0.3 is 5.97 Å². The topological polar surface area (TPSA) is 92.4 Å². The first-order valence-electron chi connectivity index (χ1n) is 6.48. The summed E-state index contributed by atoms with van der Waals surface area (Å²) in [5, 5.41) is 15.8. The lowest BCUT2D eigenvalue weighted by atomic mass is 9.98. The predicted molar refractivity (Wildman–Crippen MR) is 74.7 cm³/mol. The van der Waals surface area contributed by atoms with E-state index in [-0.39, 0.29) is 12.3 Å². The fourth-order valence-corrected chi connectivity index (χ4v) is 3.64. The van der Waals surface area contributed by atoms with Crippen LogP contribution in [0, 0.1) is 13.8 Å². The van der Waals surface area contributed by atoms with Crippen molar-refractivity contribution >= 4 is 23.6 Å². The Morgan fingerprint density at radius 1 is 1.50 bits per heavy atom. The highest BCUT2D eigenvalue weighted by atomic mass is 32.2. The van der Waals surface area contributed by atoms with E-state index in [4.69, 9.17) is 4.52 Å². The van der Waals surface area contributed by atoms with Gasteiger partial charge in [-0.15, -0.1) is 0 Å². The molecule has 1 atom stereocenters. The van der Waals surface area contributed by atoms with E-state index in [1.807, 2.05) is 6.92 Å². The molecule has 0 aromatic carbocycles. The number of thioether (sulfide) groups is 1. The summed E-state index contributed by atoms with van der Waals surface area (Å²) < 4.78 is 5.04. The second-order valence-electron chi connectivity index (χ2n) is 5.04. The summed E-state index contributed by atoms with van der Waals surface area (Å²) >= 11 is 1.55. The molecule has 7 heteroatoms. The van der Waals surface area contributed by atoms with Gasteiger partial charge in [0.1, 0.15) is 11.3 Å². The molecule has 20 heavy (non-hydrogen) atoms. The molecule has 0 spiro atoms. The predicted octanol–water partition coefficient (Wildman–Crippen LogP) is 1.30. The molecule has 0 radical (unpaired) electrons.